The Kier molecular flexibility index (Phi) is 6.04. The molecule has 2 aliphatic heterocycles. The molecule has 6 heteroatoms. The van der Waals surface area contributed by atoms with Crippen molar-refractivity contribution in [2.75, 3.05) is 57.3 Å². The van der Waals surface area contributed by atoms with Crippen molar-refractivity contribution in [1.29, 1.82) is 0 Å². The van der Waals surface area contributed by atoms with E-state index < -0.39 is 0 Å². The van der Waals surface area contributed by atoms with Crippen LogP contribution < -0.4 is 10.6 Å². The molecule has 2 aliphatic rings. The quantitative estimate of drug-likeness (QED) is 0.864. The Morgan fingerprint density at radius 2 is 1.88 bits per heavy atom. The molecule has 0 atom stereocenters. The van der Waals surface area contributed by atoms with E-state index in [0.29, 0.717) is 18.2 Å². The van der Waals surface area contributed by atoms with E-state index in [1.807, 2.05) is 23.2 Å². The number of pyridine rings is 1. The predicted molar refractivity (Wildman–Crippen MR) is 95.9 cm³/mol. The maximum absolute atomic E-state index is 12.4. The molecule has 0 aromatic carbocycles. The van der Waals surface area contributed by atoms with Gasteiger partial charge in [0.05, 0.1) is 0 Å². The van der Waals surface area contributed by atoms with Gasteiger partial charge < -0.3 is 15.5 Å². The highest BCUT2D eigenvalue weighted by Gasteiger charge is 2.23. The Bertz CT molecular complexity index is 507. The molecular formula is C18H29N5O. The number of aromatic nitrogens is 1. The minimum atomic E-state index is 0.303. The number of nitrogens with two attached hydrogens (primary N) is 1. The Morgan fingerprint density at radius 3 is 2.50 bits per heavy atom. The Morgan fingerprint density at radius 1 is 1.12 bits per heavy atom. The number of amides is 1. The summed E-state index contributed by atoms with van der Waals surface area (Å²) in [5.74, 6) is 1.96. The Hall–Kier alpha value is -1.66. The zero-order valence-corrected chi connectivity index (χ0v) is 14.4. The standard InChI is InChI=1S/C18H29N5O/c19-15-16-4-9-23(10-5-16)18(24)6-8-21-11-13-22(14-12-21)17-3-1-2-7-20-17/h1-3,7,16H,4-6,8-15,19H2. The van der Waals surface area contributed by atoms with E-state index in [9.17, 15) is 4.79 Å². The first-order valence-corrected chi connectivity index (χ1v) is 9.12. The first kappa shape index (κ1) is 17.2. The van der Waals surface area contributed by atoms with Gasteiger partial charge in [-0.15, -0.1) is 0 Å². The summed E-state index contributed by atoms with van der Waals surface area (Å²) in [4.78, 5) is 23.5. The maximum atomic E-state index is 12.4. The van der Waals surface area contributed by atoms with Crippen molar-refractivity contribution in [3.63, 3.8) is 0 Å². The van der Waals surface area contributed by atoms with Gasteiger partial charge in [0.1, 0.15) is 5.82 Å². The minimum absolute atomic E-state index is 0.303. The van der Waals surface area contributed by atoms with Crippen LogP contribution in [0.25, 0.3) is 0 Å². The highest BCUT2D eigenvalue weighted by Crippen LogP contribution is 2.17. The number of carbonyl (C=O) groups excluding carboxylic acids is 1. The summed E-state index contributed by atoms with van der Waals surface area (Å²) in [6, 6.07) is 6.03. The molecule has 1 aromatic rings. The third kappa shape index (κ3) is 4.45. The van der Waals surface area contributed by atoms with Gasteiger partial charge in [0.15, 0.2) is 0 Å². The van der Waals surface area contributed by atoms with Gasteiger partial charge >= 0.3 is 0 Å². The van der Waals surface area contributed by atoms with Crippen LogP contribution in [0.4, 0.5) is 5.82 Å². The summed E-state index contributed by atoms with van der Waals surface area (Å²) >= 11 is 0. The zero-order chi connectivity index (χ0) is 16.8. The van der Waals surface area contributed by atoms with Gasteiger partial charge in [-0.3, -0.25) is 9.69 Å². The number of likely N-dealkylation sites (tertiary alicyclic amines) is 1. The van der Waals surface area contributed by atoms with Crippen LogP contribution in [0.15, 0.2) is 24.4 Å². The van der Waals surface area contributed by atoms with Crippen molar-refractivity contribution in [3.05, 3.63) is 24.4 Å². The molecule has 2 saturated heterocycles. The van der Waals surface area contributed by atoms with E-state index >= 15 is 0 Å². The lowest BCUT2D eigenvalue weighted by Crippen LogP contribution is -2.48. The van der Waals surface area contributed by atoms with E-state index in [1.54, 1.807) is 0 Å². The summed E-state index contributed by atoms with van der Waals surface area (Å²) in [5, 5.41) is 0. The second-order valence-electron chi connectivity index (χ2n) is 6.83. The van der Waals surface area contributed by atoms with E-state index in [2.05, 4.69) is 20.9 Å². The molecule has 3 heterocycles. The number of carbonyl (C=O) groups is 1. The van der Waals surface area contributed by atoms with Crippen LogP contribution in [0, 0.1) is 5.92 Å². The highest BCUT2D eigenvalue weighted by molar-refractivity contribution is 5.76. The summed E-state index contributed by atoms with van der Waals surface area (Å²) in [7, 11) is 0. The molecule has 24 heavy (non-hydrogen) atoms. The summed E-state index contributed by atoms with van der Waals surface area (Å²) in [6.45, 7) is 7.34. The molecule has 0 spiro atoms. The molecule has 132 valence electrons. The minimum Gasteiger partial charge on any atom is -0.354 e. The third-order valence-corrected chi connectivity index (χ3v) is 5.29. The van der Waals surface area contributed by atoms with Crippen LogP contribution >= 0.6 is 0 Å². The first-order chi connectivity index (χ1) is 11.8. The molecule has 0 radical (unpaired) electrons. The predicted octanol–water partition coefficient (Wildman–Crippen LogP) is 0.791. The van der Waals surface area contributed by atoms with Crippen LogP contribution in [-0.2, 0) is 4.79 Å². The van der Waals surface area contributed by atoms with E-state index in [-0.39, 0.29) is 0 Å². The van der Waals surface area contributed by atoms with Crippen LogP contribution in [0.1, 0.15) is 19.3 Å². The zero-order valence-electron chi connectivity index (χ0n) is 14.4. The summed E-state index contributed by atoms with van der Waals surface area (Å²) in [5.41, 5.74) is 5.72. The van der Waals surface area contributed by atoms with Crippen molar-refractivity contribution in [2.24, 2.45) is 11.7 Å². The summed E-state index contributed by atoms with van der Waals surface area (Å²) < 4.78 is 0. The van der Waals surface area contributed by atoms with Crippen molar-refractivity contribution in [1.82, 2.24) is 14.8 Å². The average Bonchev–Trinajstić information content (AvgIpc) is 2.67. The number of anilines is 1. The highest BCUT2D eigenvalue weighted by atomic mass is 16.2. The van der Waals surface area contributed by atoms with Gasteiger partial charge in [-0.25, -0.2) is 4.98 Å². The van der Waals surface area contributed by atoms with Crippen LogP contribution in [0.2, 0.25) is 0 Å². The molecule has 1 amide bonds. The smallest absolute Gasteiger partial charge is 0.223 e. The largest absolute Gasteiger partial charge is 0.354 e. The normalized spacial score (nSPS) is 20.4. The third-order valence-electron chi connectivity index (χ3n) is 5.29. The van der Waals surface area contributed by atoms with Gasteiger partial charge in [-0.05, 0) is 37.4 Å². The van der Waals surface area contributed by atoms with Gasteiger partial charge in [0, 0.05) is 58.4 Å². The van der Waals surface area contributed by atoms with Crippen LogP contribution in [0.3, 0.4) is 0 Å². The molecule has 0 aliphatic carbocycles. The lowest BCUT2D eigenvalue weighted by Gasteiger charge is -2.36. The van der Waals surface area contributed by atoms with Gasteiger partial charge in [-0.2, -0.15) is 0 Å². The number of nitrogens with zero attached hydrogens (tertiary/aromatic N) is 4. The monoisotopic (exact) mass is 331 g/mol. The fourth-order valence-corrected chi connectivity index (χ4v) is 3.57. The van der Waals surface area contributed by atoms with Crippen LogP contribution in [-0.4, -0.2) is 73.0 Å². The first-order valence-electron chi connectivity index (χ1n) is 9.12. The van der Waals surface area contributed by atoms with Gasteiger partial charge in [0.2, 0.25) is 5.91 Å². The van der Waals surface area contributed by atoms with Crippen LogP contribution in [0.5, 0.6) is 0 Å². The molecule has 1 aromatic heterocycles. The second-order valence-corrected chi connectivity index (χ2v) is 6.83. The second kappa shape index (κ2) is 8.44. The lowest BCUT2D eigenvalue weighted by atomic mass is 9.97. The molecule has 2 N–H and O–H groups in total. The Labute approximate surface area is 144 Å². The number of piperidine rings is 1. The van der Waals surface area contributed by atoms with E-state index in [0.717, 1.165) is 71.0 Å². The van der Waals surface area contributed by atoms with Crippen molar-refractivity contribution < 1.29 is 4.79 Å². The average molecular weight is 331 g/mol. The topological polar surface area (TPSA) is 65.7 Å². The van der Waals surface area contributed by atoms with Gasteiger partial charge in [-0.1, -0.05) is 6.07 Å². The molecule has 6 nitrogen and oxygen atoms in total. The molecule has 3 rings (SSSR count). The Balaban J connectivity index is 1.37. The number of hydrogen-bond donors (Lipinski definition) is 1. The fraction of sp³-hybridized carbons (Fsp3) is 0.667. The fourth-order valence-electron chi connectivity index (χ4n) is 3.57. The SMILES string of the molecule is NCC1CCN(C(=O)CCN2CCN(c3ccccn3)CC2)CC1. The van der Waals surface area contributed by atoms with E-state index in [4.69, 9.17) is 5.73 Å². The van der Waals surface area contributed by atoms with Crippen molar-refractivity contribution >= 4 is 11.7 Å². The lowest BCUT2D eigenvalue weighted by molar-refractivity contribution is -0.132. The number of piperazine rings is 1. The van der Waals surface area contributed by atoms with Crippen molar-refractivity contribution in [3.8, 4) is 0 Å². The molecule has 0 unspecified atom stereocenters. The summed E-state index contributed by atoms with van der Waals surface area (Å²) in [6.07, 6.45) is 4.60. The maximum Gasteiger partial charge on any atom is 0.223 e. The molecule has 0 bridgehead atoms. The molecule has 0 saturated carbocycles. The molecular weight excluding hydrogens is 302 g/mol. The van der Waals surface area contributed by atoms with E-state index in [1.165, 1.54) is 0 Å². The van der Waals surface area contributed by atoms with Crippen molar-refractivity contribution in [2.45, 2.75) is 19.3 Å². The molecule has 2 fully saturated rings. The van der Waals surface area contributed by atoms with Gasteiger partial charge in [0.25, 0.3) is 0 Å². The number of rotatable bonds is 5. The number of hydrogen-bond acceptors (Lipinski definition) is 5.